The minimum absolute atomic E-state index is 0.702. The molecule has 2 N–H and O–H groups in total. The first-order chi connectivity index (χ1) is 6.09. The minimum Gasteiger partial charge on any atom is -0.393 e. The van der Waals surface area contributed by atoms with E-state index in [1.165, 1.54) is 25.7 Å². The first-order valence-electron chi connectivity index (χ1n) is 5.38. The summed E-state index contributed by atoms with van der Waals surface area (Å²) in [4.78, 5) is 0.702. The third-order valence-electron chi connectivity index (χ3n) is 3.32. The molecule has 0 bridgehead atoms. The second-order valence-corrected chi connectivity index (χ2v) is 5.22. The van der Waals surface area contributed by atoms with Crippen molar-refractivity contribution in [1.82, 2.24) is 0 Å². The Kier molecular flexibility index (Phi) is 4.17. The molecule has 76 valence electrons. The maximum atomic E-state index is 5.55. The number of hydrogen-bond acceptors (Lipinski definition) is 1. The summed E-state index contributed by atoms with van der Waals surface area (Å²) in [5.74, 6) is 2.58. The largest absolute Gasteiger partial charge is 0.393 e. The van der Waals surface area contributed by atoms with Crippen LogP contribution in [0.5, 0.6) is 0 Å². The van der Waals surface area contributed by atoms with Crippen LogP contribution in [0.3, 0.4) is 0 Å². The van der Waals surface area contributed by atoms with Crippen molar-refractivity contribution in [2.75, 3.05) is 0 Å². The van der Waals surface area contributed by atoms with Gasteiger partial charge < -0.3 is 5.73 Å². The number of rotatable bonds is 3. The molecular formula is C11H21NS. The van der Waals surface area contributed by atoms with E-state index in [1.807, 2.05) is 0 Å². The fourth-order valence-electron chi connectivity index (χ4n) is 2.34. The average Bonchev–Trinajstić information content (AvgIpc) is 2.04. The highest BCUT2D eigenvalue weighted by molar-refractivity contribution is 7.80. The van der Waals surface area contributed by atoms with E-state index in [4.69, 9.17) is 18.0 Å². The van der Waals surface area contributed by atoms with E-state index in [0.717, 1.165) is 24.2 Å². The summed E-state index contributed by atoms with van der Waals surface area (Å²) in [7, 11) is 0. The molecule has 0 aromatic carbocycles. The Bertz CT molecular complexity index is 169. The monoisotopic (exact) mass is 199 g/mol. The van der Waals surface area contributed by atoms with Crippen LogP contribution in [-0.4, -0.2) is 4.99 Å². The summed E-state index contributed by atoms with van der Waals surface area (Å²) < 4.78 is 0. The first-order valence-corrected chi connectivity index (χ1v) is 5.78. The van der Waals surface area contributed by atoms with Crippen molar-refractivity contribution in [2.45, 2.75) is 46.0 Å². The Morgan fingerprint density at radius 2 is 1.85 bits per heavy atom. The van der Waals surface area contributed by atoms with Crippen molar-refractivity contribution >= 4 is 17.2 Å². The molecule has 0 heterocycles. The van der Waals surface area contributed by atoms with Gasteiger partial charge in [0.2, 0.25) is 0 Å². The van der Waals surface area contributed by atoms with Crippen molar-refractivity contribution < 1.29 is 0 Å². The van der Waals surface area contributed by atoms with Gasteiger partial charge in [-0.05, 0) is 43.4 Å². The lowest BCUT2D eigenvalue weighted by Crippen LogP contribution is -2.22. The van der Waals surface area contributed by atoms with Crippen LogP contribution in [-0.2, 0) is 0 Å². The lowest BCUT2D eigenvalue weighted by molar-refractivity contribution is 0.228. The van der Waals surface area contributed by atoms with Gasteiger partial charge in [0.15, 0.2) is 0 Å². The summed E-state index contributed by atoms with van der Waals surface area (Å²) in [6.45, 7) is 4.66. The molecule has 1 fully saturated rings. The van der Waals surface area contributed by atoms with Gasteiger partial charge >= 0.3 is 0 Å². The molecule has 0 atom stereocenters. The van der Waals surface area contributed by atoms with E-state index in [2.05, 4.69) is 13.8 Å². The molecule has 0 aromatic heterocycles. The summed E-state index contributed by atoms with van der Waals surface area (Å²) in [6, 6.07) is 0. The minimum atomic E-state index is 0.702. The highest BCUT2D eigenvalue weighted by Gasteiger charge is 2.23. The Labute approximate surface area is 87.1 Å². The van der Waals surface area contributed by atoms with Gasteiger partial charge in [0.1, 0.15) is 0 Å². The SMILES string of the molecule is CC(C)C1CCC(CC(N)=S)CC1. The third kappa shape index (κ3) is 3.63. The summed E-state index contributed by atoms with van der Waals surface area (Å²) in [5.41, 5.74) is 5.55. The van der Waals surface area contributed by atoms with Crippen LogP contribution >= 0.6 is 12.2 Å². The Balaban J connectivity index is 2.26. The van der Waals surface area contributed by atoms with E-state index >= 15 is 0 Å². The van der Waals surface area contributed by atoms with Gasteiger partial charge in [-0.1, -0.05) is 26.1 Å². The van der Waals surface area contributed by atoms with Gasteiger partial charge in [-0.25, -0.2) is 0 Å². The summed E-state index contributed by atoms with van der Waals surface area (Å²) in [6.07, 6.45) is 6.40. The van der Waals surface area contributed by atoms with Gasteiger partial charge in [-0.2, -0.15) is 0 Å². The molecule has 1 rings (SSSR count). The molecule has 1 nitrogen and oxygen atoms in total. The van der Waals surface area contributed by atoms with Gasteiger partial charge in [-0.15, -0.1) is 0 Å². The molecule has 0 saturated heterocycles. The van der Waals surface area contributed by atoms with Crippen molar-refractivity contribution in [3.8, 4) is 0 Å². The maximum Gasteiger partial charge on any atom is 0.0730 e. The van der Waals surface area contributed by atoms with Gasteiger partial charge in [-0.3, -0.25) is 0 Å². The molecule has 0 radical (unpaired) electrons. The van der Waals surface area contributed by atoms with Crippen molar-refractivity contribution in [3.05, 3.63) is 0 Å². The quantitative estimate of drug-likeness (QED) is 0.707. The first kappa shape index (κ1) is 11.0. The van der Waals surface area contributed by atoms with E-state index < -0.39 is 0 Å². The van der Waals surface area contributed by atoms with Crippen LogP contribution < -0.4 is 5.73 Å². The normalized spacial score (nSPS) is 29.2. The zero-order chi connectivity index (χ0) is 9.84. The fourth-order valence-corrected chi connectivity index (χ4v) is 2.58. The van der Waals surface area contributed by atoms with Crippen LogP contribution in [0.25, 0.3) is 0 Å². The van der Waals surface area contributed by atoms with Crippen LogP contribution in [0.2, 0.25) is 0 Å². The van der Waals surface area contributed by atoms with E-state index in [1.54, 1.807) is 0 Å². The van der Waals surface area contributed by atoms with Gasteiger partial charge in [0.25, 0.3) is 0 Å². The van der Waals surface area contributed by atoms with E-state index in [-0.39, 0.29) is 0 Å². The topological polar surface area (TPSA) is 26.0 Å². The van der Waals surface area contributed by atoms with Crippen LogP contribution in [0.4, 0.5) is 0 Å². The van der Waals surface area contributed by atoms with Crippen molar-refractivity contribution in [2.24, 2.45) is 23.5 Å². The number of hydrogen-bond donors (Lipinski definition) is 1. The highest BCUT2D eigenvalue weighted by atomic mass is 32.1. The zero-order valence-corrected chi connectivity index (χ0v) is 9.57. The van der Waals surface area contributed by atoms with Gasteiger partial charge in [0, 0.05) is 6.42 Å². The molecule has 0 spiro atoms. The Hall–Kier alpha value is -0.110. The molecule has 0 aliphatic heterocycles. The fraction of sp³-hybridized carbons (Fsp3) is 0.909. The molecular weight excluding hydrogens is 178 g/mol. The van der Waals surface area contributed by atoms with Gasteiger partial charge in [0.05, 0.1) is 4.99 Å². The molecule has 1 aliphatic rings. The zero-order valence-electron chi connectivity index (χ0n) is 8.75. The van der Waals surface area contributed by atoms with Crippen LogP contribution in [0.15, 0.2) is 0 Å². The molecule has 1 saturated carbocycles. The molecule has 0 amide bonds. The lowest BCUT2D eigenvalue weighted by atomic mass is 9.76. The molecule has 1 aliphatic carbocycles. The van der Waals surface area contributed by atoms with Crippen LogP contribution in [0, 0.1) is 17.8 Å². The standard InChI is InChI=1S/C11H21NS/c1-8(2)10-5-3-9(4-6-10)7-11(12)13/h8-10H,3-7H2,1-2H3,(H2,12,13). The second-order valence-electron chi connectivity index (χ2n) is 4.70. The lowest BCUT2D eigenvalue weighted by Gasteiger charge is -2.30. The maximum absolute atomic E-state index is 5.55. The Morgan fingerprint density at radius 1 is 1.31 bits per heavy atom. The van der Waals surface area contributed by atoms with E-state index in [9.17, 15) is 0 Å². The average molecular weight is 199 g/mol. The van der Waals surface area contributed by atoms with Crippen molar-refractivity contribution in [1.29, 1.82) is 0 Å². The predicted octanol–water partition coefficient (Wildman–Crippen LogP) is 3.13. The summed E-state index contributed by atoms with van der Waals surface area (Å²) in [5, 5.41) is 0. The third-order valence-corrected chi connectivity index (χ3v) is 3.49. The highest BCUT2D eigenvalue weighted by Crippen LogP contribution is 2.34. The molecule has 0 aromatic rings. The summed E-state index contributed by atoms with van der Waals surface area (Å²) >= 11 is 4.94. The van der Waals surface area contributed by atoms with Crippen LogP contribution in [0.1, 0.15) is 46.0 Å². The molecule has 2 heteroatoms. The number of thiocarbonyl (C=S) groups is 1. The predicted molar refractivity (Wildman–Crippen MR) is 61.7 cm³/mol. The Morgan fingerprint density at radius 3 is 2.23 bits per heavy atom. The van der Waals surface area contributed by atoms with E-state index in [0.29, 0.717) is 4.99 Å². The molecule has 13 heavy (non-hydrogen) atoms. The second kappa shape index (κ2) is 4.94. The number of nitrogens with two attached hydrogens (primary N) is 1. The van der Waals surface area contributed by atoms with Crippen molar-refractivity contribution in [3.63, 3.8) is 0 Å². The molecule has 0 unspecified atom stereocenters. The smallest absolute Gasteiger partial charge is 0.0730 e.